The van der Waals surface area contributed by atoms with E-state index in [1.54, 1.807) is 24.3 Å². The molecule has 0 saturated heterocycles. The minimum atomic E-state index is -0.399. The van der Waals surface area contributed by atoms with Crippen LogP contribution in [0.4, 0.5) is 0 Å². The Morgan fingerprint density at radius 2 is 1.78 bits per heavy atom. The van der Waals surface area contributed by atoms with E-state index < -0.39 is 5.97 Å². The number of hydrogen-bond acceptors (Lipinski definition) is 3. The topological polar surface area (TPSA) is 35.5 Å². The second-order valence-corrected chi connectivity index (χ2v) is 6.83. The molecule has 0 spiro atoms. The third-order valence-electron chi connectivity index (χ3n) is 3.42. The monoisotopic (exact) mass is 332 g/mol. The molecule has 0 aliphatic carbocycles. The predicted molar refractivity (Wildman–Crippen MR) is 92.0 cm³/mol. The minimum Gasteiger partial charge on any atom is -0.490 e. The number of rotatable bonds is 5. The molecule has 0 saturated carbocycles. The predicted octanol–water partition coefficient (Wildman–Crippen LogP) is 4.99. The number of halogens is 1. The summed E-state index contributed by atoms with van der Waals surface area (Å²) in [6.45, 7) is 6.33. The summed E-state index contributed by atoms with van der Waals surface area (Å²) in [6, 6.07) is 16.2. The van der Waals surface area contributed by atoms with Crippen molar-refractivity contribution in [1.29, 1.82) is 0 Å². The van der Waals surface area contributed by atoms with Crippen molar-refractivity contribution >= 4 is 17.6 Å². The summed E-state index contributed by atoms with van der Waals surface area (Å²) in [4.78, 5) is 12.3. The zero-order chi connectivity index (χ0) is 16.9. The van der Waals surface area contributed by atoms with Crippen LogP contribution in [0, 0.1) is 5.41 Å². The van der Waals surface area contributed by atoms with Gasteiger partial charge in [-0.1, -0.05) is 56.6 Å². The first kappa shape index (κ1) is 17.4. The smallest absolute Gasteiger partial charge is 0.338 e. The Labute approximate surface area is 142 Å². The SMILES string of the molecule is CC(C)(C)C(COc1ccccc1)OC(=O)c1cccc(Cl)c1. The van der Waals surface area contributed by atoms with Gasteiger partial charge in [-0.25, -0.2) is 4.79 Å². The lowest BCUT2D eigenvalue weighted by molar-refractivity contribution is -0.0213. The van der Waals surface area contributed by atoms with E-state index in [0.717, 1.165) is 5.75 Å². The lowest BCUT2D eigenvalue weighted by Crippen LogP contribution is -2.36. The van der Waals surface area contributed by atoms with E-state index in [1.807, 2.05) is 51.1 Å². The molecule has 2 aromatic rings. The third-order valence-corrected chi connectivity index (χ3v) is 3.66. The number of carbonyl (C=O) groups is 1. The van der Waals surface area contributed by atoms with Crippen molar-refractivity contribution in [3.05, 3.63) is 65.2 Å². The molecular weight excluding hydrogens is 312 g/mol. The van der Waals surface area contributed by atoms with Crippen molar-refractivity contribution in [2.45, 2.75) is 26.9 Å². The van der Waals surface area contributed by atoms with Crippen LogP contribution < -0.4 is 4.74 Å². The fourth-order valence-corrected chi connectivity index (χ4v) is 2.15. The highest BCUT2D eigenvalue weighted by molar-refractivity contribution is 6.30. The van der Waals surface area contributed by atoms with E-state index in [2.05, 4.69) is 0 Å². The Balaban J connectivity index is 2.05. The Hall–Kier alpha value is -2.00. The summed E-state index contributed by atoms with van der Waals surface area (Å²) in [5.74, 6) is 0.352. The molecule has 0 radical (unpaired) electrons. The molecule has 0 N–H and O–H groups in total. The maximum absolute atomic E-state index is 12.3. The normalized spacial score (nSPS) is 12.5. The number of carbonyl (C=O) groups excluding carboxylic acids is 1. The average Bonchev–Trinajstić information content (AvgIpc) is 2.51. The lowest BCUT2D eigenvalue weighted by Gasteiger charge is -2.30. The second kappa shape index (κ2) is 7.51. The molecule has 0 amide bonds. The molecule has 23 heavy (non-hydrogen) atoms. The molecule has 4 heteroatoms. The van der Waals surface area contributed by atoms with Crippen LogP contribution in [-0.4, -0.2) is 18.7 Å². The van der Waals surface area contributed by atoms with Crippen molar-refractivity contribution in [1.82, 2.24) is 0 Å². The van der Waals surface area contributed by atoms with Gasteiger partial charge >= 0.3 is 5.97 Å². The van der Waals surface area contributed by atoms with Crippen LogP contribution in [0.2, 0.25) is 5.02 Å². The van der Waals surface area contributed by atoms with Crippen molar-refractivity contribution in [3.8, 4) is 5.75 Å². The summed E-state index contributed by atoms with van der Waals surface area (Å²) >= 11 is 5.92. The molecule has 2 rings (SSSR count). The van der Waals surface area contributed by atoms with Gasteiger partial charge in [-0.2, -0.15) is 0 Å². The Bertz CT molecular complexity index is 647. The van der Waals surface area contributed by atoms with Gasteiger partial charge in [0.25, 0.3) is 0 Å². The average molecular weight is 333 g/mol. The van der Waals surface area contributed by atoms with Crippen LogP contribution in [0.15, 0.2) is 54.6 Å². The Morgan fingerprint density at radius 3 is 2.39 bits per heavy atom. The molecule has 0 heterocycles. The summed E-state index contributed by atoms with van der Waals surface area (Å²) in [5.41, 5.74) is 0.190. The van der Waals surface area contributed by atoms with Gasteiger partial charge < -0.3 is 9.47 Å². The molecule has 122 valence electrons. The van der Waals surface area contributed by atoms with Crippen molar-refractivity contribution in [3.63, 3.8) is 0 Å². The van der Waals surface area contributed by atoms with Crippen LogP contribution >= 0.6 is 11.6 Å². The Kier molecular flexibility index (Phi) is 5.67. The maximum atomic E-state index is 12.3. The first-order valence-corrected chi connectivity index (χ1v) is 7.88. The second-order valence-electron chi connectivity index (χ2n) is 6.39. The zero-order valence-electron chi connectivity index (χ0n) is 13.6. The third kappa shape index (κ3) is 5.29. The molecule has 0 aromatic heterocycles. The quantitative estimate of drug-likeness (QED) is 0.723. The largest absolute Gasteiger partial charge is 0.490 e. The maximum Gasteiger partial charge on any atom is 0.338 e. The molecule has 3 nitrogen and oxygen atoms in total. The van der Waals surface area contributed by atoms with Crippen LogP contribution in [-0.2, 0) is 4.74 Å². The number of hydrogen-bond donors (Lipinski definition) is 0. The molecule has 1 unspecified atom stereocenters. The van der Waals surface area contributed by atoms with Gasteiger partial charge in [-0.3, -0.25) is 0 Å². The number of para-hydroxylation sites is 1. The molecule has 0 fully saturated rings. The van der Waals surface area contributed by atoms with Gasteiger partial charge in [0, 0.05) is 10.4 Å². The van der Waals surface area contributed by atoms with Gasteiger partial charge in [0.05, 0.1) is 5.56 Å². The molecule has 1 atom stereocenters. The van der Waals surface area contributed by atoms with E-state index in [4.69, 9.17) is 21.1 Å². The fourth-order valence-electron chi connectivity index (χ4n) is 1.96. The number of benzene rings is 2. The molecular formula is C19H21ClO3. The number of esters is 1. The highest BCUT2D eigenvalue weighted by Crippen LogP contribution is 2.25. The van der Waals surface area contributed by atoms with Gasteiger partial charge in [0.15, 0.2) is 0 Å². The first-order chi connectivity index (χ1) is 10.9. The van der Waals surface area contributed by atoms with Gasteiger partial charge in [-0.05, 0) is 30.3 Å². The van der Waals surface area contributed by atoms with Gasteiger partial charge in [0.1, 0.15) is 18.5 Å². The summed E-state index contributed by atoms with van der Waals surface area (Å²) in [6.07, 6.45) is -0.380. The van der Waals surface area contributed by atoms with Crippen LogP contribution in [0.1, 0.15) is 31.1 Å². The summed E-state index contributed by atoms with van der Waals surface area (Å²) in [7, 11) is 0. The van der Waals surface area contributed by atoms with Crippen LogP contribution in [0.25, 0.3) is 0 Å². The standard InChI is InChI=1S/C19H21ClO3/c1-19(2,3)17(13-22-16-10-5-4-6-11-16)23-18(21)14-8-7-9-15(20)12-14/h4-12,17H,13H2,1-3H3. The summed E-state index contributed by atoms with van der Waals surface area (Å²) in [5, 5.41) is 0.507. The highest BCUT2D eigenvalue weighted by atomic mass is 35.5. The summed E-state index contributed by atoms with van der Waals surface area (Å²) < 4.78 is 11.4. The van der Waals surface area contributed by atoms with Crippen LogP contribution in [0.5, 0.6) is 5.75 Å². The van der Waals surface area contributed by atoms with Gasteiger partial charge in [0.2, 0.25) is 0 Å². The van der Waals surface area contributed by atoms with Gasteiger partial charge in [-0.15, -0.1) is 0 Å². The fraction of sp³-hybridized carbons (Fsp3) is 0.316. The zero-order valence-corrected chi connectivity index (χ0v) is 14.3. The van der Waals surface area contributed by atoms with Crippen molar-refractivity contribution in [2.75, 3.05) is 6.61 Å². The van der Waals surface area contributed by atoms with E-state index in [-0.39, 0.29) is 11.5 Å². The number of ether oxygens (including phenoxy) is 2. The van der Waals surface area contributed by atoms with E-state index in [1.165, 1.54) is 0 Å². The lowest BCUT2D eigenvalue weighted by atomic mass is 9.89. The van der Waals surface area contributed by atoms with Crippen molar-refractivity contribution < 1.29 is 14.3 Å². The molecule has 0 bridgehead atoms. The van der Waals surface area contributed by atoms with E-state index >= 15 is 0 Å². The Morgan fingerprint density at radius 1 is 1.09 bits per heavy atom. The van der Waals surface area contributed by atoms with E-state index in [9.17, 15) is 4.79 Å². The molecule has 0 aliphatic heterocycles. The van der Waals surface area contributed by atoms with E-state index in [0.29, 0.717) is 17.2 Å². The van der Waals surface area contributed by atoms with Crippen LogP contribution in [0.3, 0.4) is 0 Å². The molecule has 0 aliphatic rings. The highest BCUT2D eigenvalue weighted by Gasteiger charge is 2.29. The minimum absolute atomic E-state index is 0.247. The van der Waals surface area contributed by atoms with Crippen molar-refractivity contribution in [2.24, 2.45) is 5.41 Å². The molecule has 2 aromatic carbocycles. The first-order valence-electron chi connectivity index (χ1n) is 7.50.